The quantitative estimate of drug-likeness (QED) is 0.805. The van der Waals surface area contributed by atoms with Crippen LogP contribution in [0.15, 0.2) is 24.3 Å². The number of nitrogens with two attached hydrogens (primary N) is 1. The van der Waals surface area contributed by atoms with Gasteiger partial charge in [0.1, 0.15) is 5.75 Å². The summed E-state index contributed by atoms with van der Waals surface area (Å²) in [6.07, 6.45) is 0.146. The minimum atomic E-state index is 0.146. The maximum absolute atomic E-state index is 5.91. The summed E-state index contributed by atoms with van der Waals surface area (Å²) in [4.78, 5) is 2.70. The Hall–Kier alpha value is -1.68. The average molecular weight is 290 g/mol. The number of ether oxygens (including phenoxy) is 1. The molecule has 0 saturated carbocycles. The summed E-state index contributed by atoms with van der Waals surface area (Å²) < 4.78 is 5.69. The molecular formula is C16H22N2OS. The van der Waals surface area contributed by atoms with E-state index in [-0.39, 0.29) is 6.10 Å². The number of rotatable bonds is 5. The topological polar surface area (TPSA) is 47.3 Å². The van der Waals surface area contributed by atoms with Crippen LogP contribution in [-0.2, 0) is 6.54 Å². The number of aryl methyl sites for hydroxylation is 2. The first kappa shape index (κ1) is 14.7. The lowest BCUT2D eigenvalue weighted by atomic mass is 10.2. The van der Waals surface area contributed by atoms with Gasteiger partial charge in [0.15, 0.2) is 0 Å². The summed E-state index contributed by atoms with van der Waals surface area (Å²) in [5, 5.41) is 3.41. The molecule has 0 spiro atoms. The molecule has 0 fully saturated rings. The predicted molar refractivity (Wildman–Crippen MR) is 87.7 cm³/mol. The molecule has 0 bridgehead atoms. The van der Waals surface area contributed by atoms with Crippen LogP contribution in [0.25, 0.3) is 0 Å². The summed E-state index contributed by atoms with van der Waals surface area (Å²) in [5.74, 6) is 0.807. The predicted octanol–water partition coefficient (Wildman–Crippen LogP) is 4.35. The van der Waals surface area contributed by atoms with Crippen LogP contribution in [0.2, 0.25) is 0 Å². The van der Waals surface area contributed by atoms with Crippen molar-refractivity contribution in [2.45, 2.75) is 40.3 Å². The number of nitrogens with one attached hydrogen (secondary N) is 1. The van der Waals surface area contributed by atoms with Gasteiger partial charge >= 0.3 is 0 Å². The summed E-state index contributed by atoms with van der Waals surface area (Å²) in [7, 11) is 0. The first-order valence-corrected chi connectivity index (χ1v) is 7.62. The van der Waals surface area contributed by atoms with Gasteiger partial charge < -0.3 is 15.8 Å². The molecule has 0 radical (unpaired) electrons. The van der Waals surface area contributed by atoms with E-state index in [1.807, 2.05) is 43.4 Å². The third-order valence-corrected chi connectivity index (χ3v) is 4.14. The maximum atomic E-state index is 5.91. The van der Waals surface area contributed by atoms with Crippen LogP contribution in [0.4, 0.5) is 11.4 Å². The maximum Gasteiger partial charge on any atom is 0.123 e. The second-order valence-electron chi connectivity index (χ2n) is 5.26. The highest BCUT2D eigenvalue weighted by atomic mass is 32.1. The van der Waals surface area contributed by atoms with Crippen LogP contribution >= 0.6 is 11.3 Å². The number of thiophene rings is 1. The van der Waals surface area contributed by atoms with E-state index in [2.05, 4.69) is 25.2 Å². The van der Waals surface area contributed by atoms with Gasteiger partial charge in [-0.1, -0.05) is 0 Å². The van der Waals surface area contributed by atoms with Gasteiger partial charge in [-0.15, -0.1) is 11.3 Å². The largest absolute Gasteiger partial charge is 0.491 e. The highest BCUT2D eigenvalue weighted by Gasteiger charge is 2.04. The Morgan fingerprint density at radius 1 is 1.20 bits per heavy atom. The van der Waals surface area contributed by atoms with Crippen LogP contribution < -0.4 is 15.8 Å². The molecule has 0 aliphatic rings. The molecule has 1 aromatic carbocycles. The van der Waals surface area contributed by atoms with Gasteiger partial charge in [-0.2, -0.15) is 0 Å². The molecule has 0 atom stereocenters. The van der Waals surface area contributed by atoms with Gasteiger partial charge in [-0.25, -0.2) is 0 Å². The lowest BCUT2D eigenvalue weighted by molar-refractivity contribution is 0.242. The van der Waals surface area contributed by atoms with Gasteiger partial charge in [0.05, 0.1) is 6.10 Å². The lowest BCUT2D eigenvalue weighted by Crippen LogP contribution is -2.06. The van der Waals surface area contributed by atoms with E-state index in [9.17, 15) is 0 Å². The zero-order valence-corrected chi connectivity index (χ0v) is 13.3. The van der Waals surface area contributed by atoms with Crippen molar-refractivity contribution >= 4 is 22.7 Å². The molecule has 2 aromatic rings. The van der Waals surface area contributed by atoms with Crippen molar-refractivity contribution < 1.29 is 4.74 Å². The Kier molecular flexibility index (Phi) is 4.55. The Morgan fingerprint density at radius 3 is 2.55 bits per heavy atom. The number of hydrogen-bond donors (Lipinski definition) is 2. The molecule has 0 saturated heterocycles. The SMILES string of the molecule is Cc1cc(CNc2cc(N)cc(OC(C)C)c2)sc1C. The van der Waals surface area contributed by atoms with E-state index in [0.717, 1.165) is 18.0 Å². The molecule has 0 aliphatic carbocycles. The summed E-state index contributed by atoms with van der Waals surface area (Å²) in [6, 6.07) is 8.00. The van der Waals surface area contributed by atoms with Crippen LogP contribution in [-0.4, -0.2) is 6.10 Å². The monoisotopic (exact) mass is 290 g/mol. The molecule has 1 heterocycles. The smallest absolute Gasteiger partial charge is 0.123 e. The highest BCUT2D eigenvalue weighted by molar-refractivity contribution is 7.12. The first-order chi connectivity index (χ1) is 9.44. The molecule has 0 aliphatic heterocycles. The van der Waals surface area contributed by atoms with Crippen LogP contribution in [0.1, 0.15) is 29.2 Å². The minimum absolute atomic E-state index is 0.146. The number of anilines is 2. The van der Waals surface area contributed by atoms with Gasteiger partial charge in [0, 0.05) is 39.8 Å². The van der Waals surface area contributed by atoms with Crippen molar-refractivity contribution in [2.24, 2.45) is 0 Å². The fourth-order valence-electron chi connectivity index (χ4n) is 1.99. The third kappa shape index (κ3) is 3.90. The van der Waals surface area contributed by atoms with Gasteiger partial charge in [-0.05, 0) is 45.4 Å². The Balaban J connectivity index is 2.07. The normalized spacial score (nSPS) is 10.8. The number of hydrogen-bond acceptors (Lipinski definition) is 4. The highest BCUT2D eigenvalue weighted by Crippen LogP contribution is 2.25. The molecule has 20 heavy (non-hydrogen) atoms. The second-order valence-corrected chi connectivity index (χ2v) is 6.60. The minimum Gasteiger partial charge on any atom is -0.491 e. The Bertz CT molecular complexity index is 571. The van der Waals surface area contributed by atoms with Crippen molar-refractivity contribution in [3.8, 4) is 5.75 Å². The van der Waals surface area contributed by atoms with E-state index in [0.29, 0.717) is 5.69 Å². The van der Waals surface area contributed by atoms with E-state index >= 15 is 0 Å². The zero-order chi connectivity index (χ0) is 14.7. The van der Waals surface area contributed by atoms with Crippen molar-refractivity contribution in [3.05, 3.63) is 39.6 Å². The molecule has 0 amide bonds. The van der Waals surface area contributed by atoms with Crippen molar-refractivity contribution in [1.82, 2.24) is 0 Å². The fraction of sp³-hybridized carbons (Fsp3) is 0.375. The molecule has 2 rings (SSSR count). The van der Waals surface area contributed by atoms with Crippen LogP contribution in [0, 0.1) is 13.8 Å². The molecule has 108 valence electrons. The summed E-state index contributed by atoms with van der Waals surface area (Å²) >= 11 is 1.83. The van der Waals surface area contributed by atoms with Gasteiger partial charge in [0.2, 0.25) is 0 Å². The average Bonchev–Trinajstić information content (AvgIpc) is 2.65. The Morgan fingerprint density at radius 2 is 1.95 bits per heavy atom. The first-order valence-electron chi connectivity index (χ1n) is 6.81. The van der Waals surface area contributed by atoms with Crippen molar-refractivity contribution in [1.29, 1.82) is 0 Å². The van der Waals surface area contributed by atoms with Crippen LogP contribution in [0.5, 0.6) is 5.75 Å². The Labute approximate surface area is 124 Å². The summed E-state index contributed by atoms with van der Waals surface area (Å²) in [5.41, 5.74) is 8.97. The van der Waals surface area contributed by atoms with E-state index < -0.39 is 0 Å². The van der Waals surface area contributed by atoms with E-state index in [4.69, 9.17) is 10.5 Å². The fourth-order valence-corrected chi connectivity index (χ4v) is 2.98. The molecule has 3 N–H and O–H groups in total. The molecule has 4 heteroatoms. The molecule has 0 unspecified atom stereocenters. The van der Waals surface area contributed by atoms with Gasteiger partial charge in [0.25, 0.3) is 0 Å². The van der Waals surface area contributed by atoms with Crippen molar-refractivity contribution in [3.63, 3.8) is 0 Å². The van der Waals surface area contributed by atoms with Crippen LogP contribution in [0.3, 0.4) is 0 Å². The molecule has 1 aromatic heterocycles. The molecule has 3 nitrogen and oxygen atoms in total. The second kappa shape index (κ2) is 6.18. The summed E-state index contributed by atoms with van der Waals surface area (Å²) in [6.45, 7) is 9.12. The van der Waals surface area contributed by atoms with E-state index in [1.54, 1.807) is 0 Å². The lowest BCUT2D eigenvalue weighted by Gasteiger charge is -2.13. The number of benzene rings is 1. The number of nitrogen functional groups attached to an aromatic ring is 1. The standard InChI is InChI=1S/C16H22N2OS/c1-10(2)19-15-7-13(17)6-14(8-15)18-9-16-5-11(3)12(4)20-16/h5-8,10,18H,9,17H2,1-4H3. The zero-order valence-electron chi connectivity index (χ0n) is 12.5. The third-order valence-electron chi connectivity index (χ3n) is 2.98. The molecular weight excluding hydrogens is 268 g/mol. The van der Waals surface area contributed by atoms with Crippen molar-refractivity contribution in [2.75, 3.05) is 11.1 Å². The van der Waals surface area contributed by atoms with E-state index in [1.165, 1.54) is 15.3 Å². The van der Waals surface area contributed by atoms with Gasteiger partial charge in [-0.3, -0.25) is 0 Å².